The summed E-state index contributed by atoms with van der Waals surface area (Å²) in [5.41, 5.74) is 0.331. The summed E-state index contributed by atoms with van der Waals surface area (Å²) >= 11 is 0. The number of nitrogens with one attached hydrogen (secondary N) is 1. The van der Waals surface area contributed by atoms with Crippen molar-refractivity contribution >= 4 is 43.7 Å². The van der Waals surface area contributed by atoms with Crippen LogP contribution in [0.25, 0.3) is 10.8 Å². The number of amides is 2. The molecule has 230 valence electrons. The number of hydrogen-bond acceptors (Lipinski definition) is 9. The Bertz CT molecular complexity index is 1890. The van der Waals surface area contributed by atoms with Crippen molar-refractivity contribution in [2.75, 3.05) is 13.1 Å². The highest BCUT2D eigenvalue weighted by atomic mass is 32.2. The first kappa shape index (κ1) is 29.9. The Kier molecular flexibility index (Phi) is 8.04. The molecule has 3 atom stereocenters. The number of fused-ring (bicyclic) bond motifs is 2. The molecule has 13 heteroatoms. The van der Waals surface area contributed by atoms with Gasteiger partial charge in [0.2, 0.25) is 5.91 Å². The molecule has 2 N–H and O–H groups in total. The summed E-state index contributed by atoms with van der Waals surface area (Å²) in [6, 6.07) is 19.6. The van der Waals surface area contributed by atoms with Crippen LogP contribution in [-0.4, -0.2) is 81.8 Å². The van der Waals surface area contributed by atoms with Gasteiger partial charge in [-0.25, -0.2) is 13.2 Å². The molecule has 1 aromatic heterocycles. The highest BCUT2D eigenvalue weighted by Gasteiger charge is 2.55. The number of likely N-dealkylation sites (tertiary alicyclic amines) is 1. The maximum Gasteiger partial charge on any atom is 0.413 e. The molecule has 0 spiro atoms. The number of ether oxygens (including phenoxy) is 1. The average molecular weight is 629 g/mol. The molecular weight excluding hydrogens is 600 g/mol. The molecule has 2 amide bonds. The van der Waals surface area contributed by atoms with Crippen molar-refractivity contribution in [3.63, 3.8) is 0 Å². The van der Waals surface area contributed by atoms with Gasteiger partial charge in [-0.1, -0.05) is 54.6 Å². The highest BCUT2D eigenvalue weighted by molar-refractivity contribution is 8.04. The minimum Gasteiger partial charge on any atom is -0.508 e. The number of aromatic hydroxyl groups is 1. The number of phenolic OH excluding ortho intramolecular Hbond substituents is 1. The van der Waals surface area contributed by atoms with Crippen molar-refractivity contribution in [3.8, 4) is 11.5 Å². The van der Waals surface area contributed by atoms with E-state index in [1.807, 2.05) is 18.2 Å². The number of nitrogens with zero attached hydrogens (tertiary/aromatic N) is 3. The van der Waals surface area contributed by atoms with E-state index >= 15 is 0 Å². The van der Waals surface area contributed by atoms with Gasteiger partial charge in [-0.05, 0) is 47.7 Å². The van der Waals surface area contributed by atoms with E-state index in [0.29, 0.717) is 10.9 Å². The molecule has 0 radical (unpaired) electrons. The molecule has 45 heavy (non-hydrogen) atoms. The molecule has 3 unspecified atom stereocenters. The predicted octanol–water partition coefficient (Wildman–Crippen LogP) is 2.66. The van der Waals surface area contributed by atoms with Gasteiger partial charge in [0.25, 0.3) is 10.0 Å². The fraction of sp³-hybridized carbons (Fsp3) is 0.219. The third-order valence-corrected chi connectivity index (χ3v) is 9.69. The summed E-state index contributed by atoms with van der Waals surface area (Å²) in [6.07, 6.45) is 0.500. The SMILES string of the molecule is O=C(NC(Cc1ccc(O)cc1)C(=O)N1CCC2C1C(=O)CN2S(=O)(=O)C(=O)c1ccccn1)Oc1cccc2ccccc12. The summed E-state index contributed by atoms with van der Waals surface area (Å²) in [5.74, 6) is -0.850. The van der Waals surface area contributed by atoms with Crippen LogP contribution in [0.2, 0.25) is 0 Å². The number of pyridine rings is 1. The maximum absolute atomic E-state index is 14.0. The molecule has 0 saturated carbocycles. The lowest BCUT2D eigenvalue weighted by molar-refractivity contribution is -0.138. The Labute approximate surface area is 258 Å². The quantitative estimate of drug-likeness (QED) is 0.313. The Hall–Kier alpha value is -5.14. The van der Waals surface area contributed by atoms with E-state index in [4.69, 9.17) is 4.74 Å². The number of aromatic nitrogens is 1. The zero-order chi connectivity index (χ0) is 31.7. The van der Waals surface area contributed by atoms with Crippen molar-refractivity contribution in [1.29, 1.82) is 0 Å². The van der Waals surface area contributed by atoms with E-state index in [0.717, 1.165) is 9.69 Å². The van der Waals surface area contributed by atoms with E-state index in [1.165, 1.54) is 35.4 Å². The van der Waals surface area contributed by atoms with E-state index in [9.17, 15) is 32.7 Å². The number of phenols is 1. The van der Waals surface area contributed by atoms with Crippen LogP contribution in [-0.2, 0) is 26.0 Å². The first-order valence-corrected chi connectivity index (χ1v) is 15.6. The molecule has 12 nitrogen and oxygen atoms in total. The topological polar surface area (TPSA) is 163 Å². The Morgan fingerprint density at radius 1 is 0.978 bits per heavy atom. The Morgan fingerprint density at radius 2 is 1.71 bits per heavy atom. The Morgan fingerprint density at radius 3 is 2.47 bits per heavy atom. The highest BCUT2D eigenvalue weighted by Crippen LogP contribution is 2.33. The zero-order valence-corrected chi connectivity index (χ0v) is 24.6. The smallest absolute Gasteiger partial charge is 0.413 e. The minimum absolute atomic E-state index is 0.00793. The third kappa shape index (κ3) is 5.87. The first-order chi connectivity index (χ1) is 21.6. The van der Waals surface area contributed by atoms with Crippen molar-refractivity contribution in [1.82, 2.24) is 19.5 Å². The summed E-state index contributed by atoms with van der Waals surface area (Å²) in [5, 5.41) is 12.7. The van der Waals surface area contributed by atoms with Gasteiger partial charge in [0.1, 0.15) is 29.3 Å². The Balaban J connectivity index is 1.24. The lowest BCUT2D eigenvalue weighted by Gasteiger charge is -2.28. The van der Waals surface area contributed by atoms with Gasteiger partial charge >= 0.3 is 11.2 Å². The van der Waals surface area contributed by atoms with Crippen LogP contribution >= 0.6 is 0 Å². The lowest BCUT2D eigenvalue weighted by Crippen LogP contribution is -2.53. The van der Waals surface area contributed by atoms with E-state index in [2.05, 4.69) is 10.3 Å². The van der Waals surface area contributed by atoms with E-state index < -0.39 is 57.6 Å². The molecule has 2 aliphatic heterocycles. The number of benzene rings is 3. The number of sulfonamides is 1. The van der Waals surface area contributed by atoms with Crippen LogP contribution in [0.4, 0.5) is 4.79 Å². The van der Waals surface area contributed by atoms with Crippen LogP contribution in [0.1, 0.15) is 22.5 Å². The van der Waals surface area contributed by atoms with Crippen LogP contribution in [0.15, 0.2) is 91.1 Å². The van der Waals surface area contributed by atoms with Gasteiger partial charge in [-0.2, -0.15) is 4.31 Å². The molecular formula is C32H28N4O8S. The maximum atomic E-state index is 14.0. The summed E-state index contributed by atoms with van der Waals surface area (Å²) in [4.78, 5) is 58.4. The molecule has 2 aliphatic rings. The first-order valence-electron chi connectivity index (χ1n) is 14.2. The molecule has 6 rings (SSSR count). The number of carbonyl (C=O) groups is 4. The fourth-order valence-corrected chi connectivity index (χ4v) is 7.36. The third-order valence-electron chi connectivity index (χ3n) is 8.00. The molecule has 2 saturated heterocycles. The minimum atomic E-state index is -4.61. The van der Waals surface area contributed by atoms with Gasteiger partial charge in [0.05, 0.1) is 12.6 Å². The van der Waals surface area contributed by atoms with Crippen molar-refractivity contribution in [2.45, 2.75) is 31.0 Å². The van der Waals surface area contributed by atoms with Gasteiger partial charge in [0, 0.05) is 24.5 Å². The number of carbonyl (C=O) groups excluding carboxylic acids is 4. The van der Waals surface area contributed by atoms with Crippen LogP contribution < -0.4 is 10.1 Å². The molecule has 0 aliphatic carbocycles. The molecule has 0 bridgehead atoms. The van der Waals surface area contributed by atoms with Crippen molar-refractivity contribution in [3.05, 3.63) is 102 Å². The number of ketones is 1. The zero-order valence-electron chi connectivity index (χ0n) is 23.8. The second-order valence-electron chi connectivity index (χ2n) is 10.8. The van der Waals surface area contributed by atoms with Gasteiger partial charge in [0.15, 0.2) is 5.78 Å². The van der Waals surface area contributed by atoms with Crippen LogP contribution in [0.3, 0.4) is 0 Å². The number of hydrogen-bond donors (Lipinski definition) is 2. The van der Waals surface area contributed by atoms with E-state index in [1.54, 1.807) is 42.5 Å². The second-order valence-corrected chi connectivity index (χ2v) is 12.6. The predicted molar refractivity (Wildman–Crippen MR) is 162 cm³/mol. The lowest BCUT2D eigenvalue weighted by atomic mass is 10.0. The van der Waals surface area contributed by atoms with Crippen molar-refractivity contribution < 1.29 is 37.4 Å². The van der Waals surface area contributed by atoms with Crippen molar-refractivity contribution in [2.24, 2.45) is 0 Å². The van der Waals surface area contributed by atoms with Crippen LogP contribution in [0, 0.1) is 0 Å². The normalized spacial score (nSPS) is 18.8. The van der Waals surface area contributed by atoms with Gasteiger partial charge < -0.3 is 20.1 Å². The fourth-order valence-electron chi connectivity index (χ4n) is 5.89. The van der Waals surface area contributed by atoms with E-state index in [-0.39, 0.29) is 36.6 Å². The second kappa shape index (κ2) is 12.1. The van der Waals surface area contributed by atoms with Gasteiger partial charge in [-0.15, -0.1) is 0 Å². The van der Waals surface area contributed by atoms with Crippen LogP contribution in [0.5, 0.6) is 11.5 Å². The molecule has 3 heterocycles. The molecule has 2 fully saturated rings. The summed E-state index contributed by atoms with van der Waals surface area (Å²) < 4.78 is 33.1. The largest absolute Gasteiger partial charge is 0.508 e. The van der Waals surface area contributed by atoms with Gasteiger partial charge in [-0.3, -0.25) is 19.4 Å². The average Bonchev–Trinajstić information content (AvgIpc) is 3.63. The summed E-state index contributed by atoms with van der Waals surface area (Å²) in [7, 11) is -4.61. The molecule has 4 aromatic rings. The summed E-state index contributed by atoms with van der Waals surface area (Å²) in [6.45, 7) is -0.547. The number of rotatable bonds is 7. The monoisotopic (exact) mass is 628 g/mol. The number of Topliss-reactive ketones (excluding diaryl/α,β-unsaturated/α-hetero) is 1. The standard InChI is InChI=1S/C32H28N4O8S/c37-22-13-11-20(12-14-22)18-25(34-32(41)44-28-10-5-7-21-6-1-2-8-23(21)28)30(39)35-17-15-26-29(35)27(38)19-36(26)45(42,43)31(40)24-9-3-4-16-33-24/h1-14,16,25-26,29,37H,15,17-19H2,(H,34,41). The molecule has 3 aromatic carbocycles.